The zero-order valence-electron chi connectivity index (χ0n) is 17.8. The molecule has 0 aliphatic carbocycles. The Kier molecular flexibility index (Phi) is 6.32. The first-order valence-corrected chi connectivity index (χ1v) is 9.76. The summed E-state index contributed by atoms with van der Waals surface area (Å²) in [5.74, 6) is 0. The molecule has 0 aliphatic heterocycles. The van der Waals surface area contributed by atoms with Gasteiger partial charge in [0.1, 0.15) is 0 Å². The normalized spacial score (nSPS) is 12.2. The van der Waals surface area contributed by atoms with Crippen LogP contribution in [0.5, 0.6) is 0 Å². The van der Waals surface area contributed by atoms with Crippen LogP contribution in [0.2, 0.25) is 0 Å². The molecule has 0 spiro atoms. The maximum Gasteiger partial charge on any atom is 0.417 e. The number of aromatic amines is 1. The summed E-state index contributed by atoms with van der Waals surface area (Å²) in [7, 11) is 1.52. The SMILES string of the molecule is COCC(C)(C)CN(C(=O)O)c1ccc2cc(-c3ccccc3C(F)(F)F)[nH]c(=O)c2c1. The molecule has 1 heterocycles. The Morgan fingerprint density at radius 3 is 2.44 bits per heavy atom. The molecule has 2 aromatic carbocycles. The van der Waals surface area contributed by atoms with Crippen molar-refractivity contribution in [3.8, 4) is 11.3 Å². The van der Waals surface area contributed by atoms with Gasteiger partial charge < -0.3 is 14.8 Å². The van der Waals surface area contributed by atoms with E-state index in [9.17, 15) is 27.9 Å². The number of pyridine rings is 1. The Morgan fingerprint density at radius 1 is 1.12 bits per heavy atom. The molecule has 3 aromatic rings. The van der Waals surface area contributed by atoms with Crippen molar-refractivity contribution in [1.29, 1.82) is 0 Å². The number of aromatic nitrogens is 1. The summed E-state index contributed by atoms with van der Waals surface area (Å²) in [4.78, 5) is 28.2. The number of nitrogens with one attached hydrogen (secondary N) is 1. The summed E-state index contributed by atoms with van der Waals surface area (Å²) in [5, 5.41) is 10.3. The maximum atomic E-state index is 13.4. The van der Waals surface area contributed by atoms with E-state index in [1.807, 2.05) is 13.8 Å². The average molecular weight is 448 g/mol. The number of carboxylic acid groups (broad SMARTS) is 1. The second-order valence-corrected chi connectivity index (χ2v) is 8.29. The van der Waals surface area contributed by atoms with E-state index in [-0.39, 0.29) is 28.9 Å². The van der Waals surface area contributed by atoms with Gasteiger partial charge in [-0.05, 0) is 29.7 Å². The first-order chi connectivity index (χ1) is 14.9. The van der Waals surface area contributed by atoms with Crippen LogP contribution in [0.4, 0.5) is 23.7 Å². The van der Waals surface area contributed by atoms with Gasteiger partial charge in [0, 0.05) is 41.4 Å². The van der Waals surface area contributed by atoms with Gasteiger partial charge in [0.15, 0.2) is 0 Å². The molecule has 0 fully saturated rings. The number of hydrogen-bond donors (Lipinski definition) is 2. The van der Waals surface area contributed by atoms with E-state index in [1.165, 1.54) is 49.6 Å². The first-order valence-electron chi connectivity index (χ1n) is 9.76. The number of carbonyl (C=O) groups is 1. The van der Waals surface area contributed by atoms with E-state index >= 15 is 0 Å². The number of rotatable bonds is 6. The quantitative estimate of drug-likeness (QED) is 0.531. The van der Waals surface area contributed by atoms with Crippen LogP contribution in [0, 0.1) is 5.41 Å². The molecule has 0 radical (unpaired) electrons. The van der Waals surface area contributed by atoms with Crippen LogP contribution >= 0.6 is 0 Å². The second-order valence-electron chi connectivity index (χ2n) is 8.29. The third-order valence-corrected chi connectivity index (χ3v) is 5.02. The predicted octanol–water partition coefficient (Wildman–Crippen LogP) is 5.37. The molecule has 0 unspecified atom stereocenters. The van der Waals surface area contributed by atoms with Gasteiger partial charge >= 0.3 is 12.3 Å². The fourth-order valence-corrected chi connectivity index (χ4v) is 3.66. The number of amides is 1. The van der Waals surface area contributed by atoms with Gasteiger partial charge in [0.2, 0.25) is 0 Å². The Balaban J connectivity index is 2.08. The maximum absolute atomic E-state index is 13.4. The summed E-state index contributed by atoms with van der Waals surface area (Å²) >= 11 is 0. The lowest BCUT2D eigenvalue weighted by Gasteiger charge is -2.30. The van der Waals surface area contributed by atoms with Crippen molar-refractivity contribution in [3.05, 3.63) is 64.4 Å². The van der Waals surface area contributed by atoms with Crippen molar-refractivity contribution >= 4 is 22.6 Å². The van der Waals surface area contributed by atoms with Gasteiger partial charge in [-0.25, -0.2) is 4.79 Å². The first kappa shape index (κ1) is 23.3. The van der Waals surface area contributed by atoms with Crippen molar-refractivity contribution in [3.63, 3.8) is 0 Å². The number of benzene rings is 2. The van der Waals surface area contributed by atoms with Gasteiger partial charge in [-0.15, -0.1) is 0 Å². The second kappa shape index (κ2) is 8.66. The predicted molar refractivity (Wildman–Crippen MR) is 116 cm³/mol. The van der Waals surface area contributed by atoms with Crippen LogP contribution in [0.1, 0.15) is 19.4 Å². The van der Waals surface area contributed by atoms with Crippen LogP contribution in [0.25, 0.3) is 22.0 Å². The van der Waals surface area contributed by atoms with Crippen LogP contribution < -0.4 is 10.5 Å². The monoisotopic (exact) mass is 448 g/mol. The van der Waals surface area contributed by atoms with E-state index in [1.54, 1.807) is 0 Å². The minimum atomic E-state index is -4.58. The molecule has 0 saturated carbocycles. The lowest BCUT2D eigenvalue weighted by atomic mass is 9.93. The molecule has 32 heavy (non-hydrogen) atoms. The van der Waals surface area contributed by atoms with Crippen LogP contribution in [0.15, 0.2) is 53.3 Å². The highest BCUT2D eigenvalue weighted by Crippen LogP contribution is 2.36. The number of hydrogen-bond acceptors (Lipinski definition) is 3. The summed E-state index contributed by atoms with van der Waals surface area (Å²) in [6.07, 6.45) is -5.77. The van der Waals surface area contributed by atoms with Crippen molar-refractivity contribution in [2.24, 2.45) is 5.41 Å². The number of nitrogens with zero attached hydrogens (tertiary/aromatic N) is 1. The van der Waals surface area contributed by atoms with Crippen LogP contribution in [-0.4, -0.2) is 36.4 Å². The van der Waals surface area contributed by atoms with E-state index in [2.05, 4.69) is 4.98 Å². The Morgan fingerprint density at radius 2 is 1.81 bits per heavy atom. The molecule has 1 amide bonds. The molecule has 3 rings (SSSR count). The third-order valence-electron chi connectivity index (χ3n) is 5.02. The van der Waals surface area contributed by atoms with Crippen LogP contribution in [0.3, 0.4) is 0 Å². The third kappa shape index (κ3) is 4.94. The number of ether oxygens (including phenoxy) is 1. The standard InChI is InChI=1S/C23H23F3N2O4/c1-22(2,13-32-3)12-28(21(30)31)15-9-8-14-10-19(27-20(29)17(14)11-15)16-6-4-5-7-18(16)23(24,25)26/h4-11H,12-13H2,1-3H3,(H,27,29)(H,30,31). The molecule has 0 saturated heterocycles. The molecule has 0 bridgehead atoms. The molecule has 6 nitrogen and oxygen atoms in total. The molecular weight excluding hydrogens is 425 g/mol. The molecule has 0 aliphatic rings. The minimum absolute atomic E-state index is 0.0273. The van der Waals surface area contributed by atoms with Gasteiger partial charge in [0.25, 0.3) is 5.56 Å². The Bertz CT molecular complexity index is 1200. The lowest BCUT2D eigenvalue weighted by Crippen LogP contribution is -2.40. The molecular formula is C23H23F3N2O4. The fourth-order valence-electron chi connectivity index (χ4n) is 3.66. The Labute approximate surface area is 182 Å². The summed E-state index contributed by atoms with van der Waals surface area (Å²) in [6.45, 7) is 4.15. The highest BCUT2D eigenvalue weighted by molar-refractivity contribution is 5.93. The van der Waals surface area contributed by atoms with E-state index in [0.717, 1.165) is 11.0 Å². The topological polar surface area (TPSA) is 82.6 Å². The number of methoxy groups -OCH3 is 1. The van der Waals surface area contributed by atoms with Gasteiger partial charge in [0.05, 0.1) is 12.2 Å². The molecule has 0 atom stereocenters. The van der Waals surface area contributed by atoms with Gasteiger partial charge in [-0.1, -0.05) is 38.1 Å². The smallest absolute Gasteiger partial charge is 0.417 e. The Hall–Kier alpha value is -3.33. The van der Waals surface area contributed by atoms with Gasteiger partial charge in [-0.2, -0.15) is 13.2 Å². The van der Waals surface area contributed by atoms with Gasteiger partial charge in [-0.3, -0.25) is 9.69 Å². The number of anilines is 1. The number of H-pyrrole nitrogens is 1. The van der Waals surface area contributed by atoms with E-state index in [4.69, 9.17) is 4.74 Å². The molecule has 1 aromatic heterocycles. The molecule has 170 valence electrons. The molecule has 9 heteroatoms. The minimum Gasteiger partial charge on any atom is -0.465 e. The number of fused-ring (bicyclic) bond motifs is 1. The molecule has 2 N–H and O–H groups in total. The summed E-state index contributed by atoms with van der Waals surface area (Å²) in [6, 6.07) is 10.9. The number of halogens is 3. The average Bonchev–Trinajstić information content (AvgIpc) is 2.71. The largest absolute Gasteiger partial charge is 0.465 e. The summed E-state index contributed by atoms with van der Waals surface area (Å²) in [5.41, 5.74) is -1.79. The van der Waals surface area contributed by atoms with Crippen molar-refractivity contribution in [2.75, 3.05) is 25.2 Å². The van der Waals surface area contributed by atoms with E-state index < -0.39 is 28.8 Å². The number of alkyl halides is 3. The van der Waals surface area contributed by atoms with Crippen molar-refractivity contribution in [1.82, 2.24) is 4.98 Å². The fraction of sp³-hybridized carbons (Fsp3) is 0.304. The zero-order valence-corrected chi connectivity index (χ0v) is 17.8. The van der Waals surface area contributed by atoms with Crippen molar-refractivity contribution in [2.45, 2.75) is 20.0 Å². The summed E-state index contributed by atoms with van der Waals surface area (Å²) < 4.78 is 45.3. The van der Waals surface area contributed by atoms with E-state index in [0.29, 0.717) is 12.0 Å². The van der Waals surface area contributed by atoms with Crippen LogP contribution in [-0.2, 0) is 10.9 Å². The highest BCUT2D eigenvalue weighted by Gasteiger charge is 2.33. The van der Waals surface area contributed by atoms with Crippen molar-refractivity contribution < 1.29 is 27.8 Å². The highest BCUT2D eigenvalue weighted by atomic mass is 19.4. The zero-order chi connectivity index (χ0) is 23.7. The lowest BCUT2D eigenvalue weighted by molar-refractivity contribution is -0.137.